The fourth-order valence-electron chi connectivity index (χ4n) is 1.09. The van der Waals surface area contributed by atoms with Crippen molar-refractivity contribution in [3.8, 4) is 0 Å². The largest absolute Gasteiger partial charge is 0.444 e. The van der Waals surface area contributed by atoms with E-state index in [0.29, 0.717) is 11.7 Å². The van der Waals surface area contributed by atoms with E-state index in [1.165, 1.54) is 11.3 Å². The van der Waals surface area contributed by atoms with Crippen LogP contribution in [-0.2, 0) is 11.3 Å². The van der Waals surface area contributed by atoms with Gasteiger partial charge in [0.15, 0.2) is 5.13 Å². The predicted molar refractivity (Wildman–Crippen MR) is 74.5 cm³/mol. The number of carbonyl (C=O) groups excluding carboxylic acids is 1. The molecule has 5 nitrogen and oxygen atoms in total. The average Bonchev–Trinajstić information content (AvgIpc) is 2.54. The molecule has 0 aliphatic rings. The van der Waals surface area contributed by atoms with Crippen molar-refractivity contribution in [2.45, 2.75) is 32.9 Å². The third kappa shape index (κ3) is 4.70. The summed E-state index contributed by atoms with van der Waals surface area (Å²) in [6.45, 7) is 5.77. The molecule has 0 saturated heterocycles. The Morgan fingerprint density at radius 3 is 2.56 bits per heavy atom. The minimum atomic E-state index is -0.504. The van der Waals surface area contributed by atoms with Gasteiger partial charge in [-0.15, -0.1) is 0 Å². The van der Waals surface area contributed by atoms with Crippen LogP contribution in [0.25, 0.3) is 0 Å². The molecule has 0 saturated carbocycles. The number of rotatable bonds is 3. The van der Waals surface area contributed by atoms with Gasteiger partial charge in [0.25, 0.3) is 0 Å². The number of aromatic nitrogens is 1. The van der Waals surface area contributed by atoms with Gasteiger partial charge in [-0.1, -0.05) is 22.9 Å². The zero-order valence-corrected chi connectivity index (χ0v) is 12.8. The molecule has 102 valence electrons. The lowest BCUT2D eigenvalue weighted by molar-refractivity contribution is 0.0524. The number of nitrogens with zero attached hydrogens (tertiary/aromatic N) is 2. The zero-order chi connectivity index (χ0) is 13.9. The smallest absolute Gasteiger partial charge is 0.407 e. The normalized spacial score (nSPS) is 11.2. The molecule has 1 heterocycles. The summed E-state index contributed by atoms with van der Waals surface area (Å²) >= 11 is 7.43. The maximum absolute atomic E-state index is 11.5. The second-order valence-corrected chi connectivity index (χ2v) is 6.38. The van der Waals surface area contributed by atoms with Gasteiger partial charge >= 0.3 is 6.09 Å². The molecule has 0 radical (unpaired) electrons. The lowest BCUT2D eigenvalue weighted by atomic mass is 10.2. The third-order valence-corrected chi connectivity index (χ3v) is 3.46. The summed E-state index contributed by atoms with van der Waals surface area (Å²) in [7, 11) is 3.78. The van der Waals surface area contributed by atoms with Crippen molar-refractivity contribution in [2.75, 3.05) is 19.0 Å². The van der Waals surface area contributed by atoms with Crippen molar-refractivity contribution in [3.63, 3.8) is 0 Å². The minimum Gasteiger partial charge on any atom is -0.444 e. The first kappa shape index (κ1) is 15.0. The fraction of sp³-hybridized carbons (Fsp3) is 0.636. The molecule has 1 amide bonds. The molecule has 0 atom stereocenters. The number of anilines is 1. The van der Waals surface area contributed by atoms with Crippen molar-refractivity contribution in [1.82, 2.24) is 10.3 Å². The summed E-state index contributed by atoms with van der Waals surface area (Å²) in [5.74, 6) is 0. The second kappa shape index (κ2) is 5.75. The minimum absolute atomic E-state index is 0.319. The quantitative estimate of drug-likeness (QED) is 0.930. The molecule has 1 aromatic heterocycles. The van der Waals surface area contributed by atoms with Gasteiger partial charge in [0, 0.05) is 14.1 Å². The molecule has 0 aliphatic carbocycles. The summed E-state index contributed by atoms with van der Waals surface area (Å²) in [6.07, 6.45) is -0.460. The first-order chi connectivity index (χ1) is 8.19. The molecular weight excluding hydrogens is 274 g/mol. The van der Waals surface area contributed by atoms with Crippen LogP contribution >= 0.6 is 22.9 Å². The predicted octanol–water partition coefficient (Wildman–Crippen LogP) is 2.89. The Balaban J connectivity index is 2.56. The fourth-order valence-corrected chi connectivity index (χ4v) is 2.22. The maximum atomic E-state index is 11.5. The van der Waals surface area contributed by atoms with Gasteiger partial charge in [0.05, 0.1) is 11.4 Å². The van der Waals surface area contributed by atoms with Crippen LogP contribution in [0.4, 0.5) is 9.93 Å². The molecule has 0 aromatic carbocycles. The van der Waals surface area contributed by atoms with E-state index in [2.05, 4.69) is 10.3 Å². The molecular formula is C11H18ClN3O2S. The molecule has 0 unspecified atom stereocenters. The van der Waals surface area contributed by atoms with Crippen molar-refractivity contribution in [2.24, 2.45) is 0 Å². The Kier molecular flexibility index (Phi) is 4.81. The van der Waals surface area contributed by atoms with Crippen LogP contribution in [0.5, 0.6) is 0 Å². The highest BCUT2D eigenvalue weighted by Gasteiger charge is 2.17. The Morgan fingerprint density at radius 2 is 2.11 bits per heavy atom. The molecule has 0 spiro atoms. The van der Waals surface area contributed by atoms with Crippen LogP contribution in [0, 0.1) is 0 Å². The van der Waals surface area contributed by atoms with Gasteiger partial charge in [-0.2, -0.15) is 0 Å². The summed E-state index contributed by atoms with van der Waals surface area (Å²) in [6, 6.07) is 0. The lowest BCUT2D eigenvalue weighted by Crippen LogP contribution is -2.32. The van der Waals surface area contributed by atoms with Gasteiger partial charge in [-0.3, -0.25) is 0 Å². The average molecular weight is 292 g/mol. The van der Waals surface area contributed by atoms with Crippen LogP contribution in [0.2, 0.25) is 5.15 Å². The molecule has 7 heteroatoms. The number of hydrogen-bond acceptors (Lipinski definition) is 5. The Morgan fingerprint density at radius 1 is 1.50 bits per heavy atom. The van der Waals surface area contributed by atoms with Crippen molar-refractivity contribution in [1.29, 1.82) is 0 Å². The van der Waals surface area contributed by atoms with Gasteiger partial charge in [-0.05, 0) is 20.8 Å². The first-order valence-electron chi connectivity index (χ1n) is 5.48. The van der Waals surface area contributed by atoms with Gasteiger partial charge < -0.3 is 15.0 Å². The van der Waals surface area contributed by atoms with Crippen molar-refractivity contribution in [3.05, 3.63) is 10.0 Å². The lowest BCUT2D eigenvalue weighted by Gasteiger charge is -2.19. The van der Waals surface area contributed by atoms with Gasteiger partial charge in [0.1, 0.15) is 10.8 Å². The number of hydrogen-bond donors (Lipinski definition) is 1. The molecule has 1 aromatic rings. The van der Waals surface area contributed by atoms with E-state index in [1.54, 1.807) is 0 Å². The number of amides is 1. The number of ether oxygens (including phenoxy) is 1. The van der Waals surface area contributed by atoms with E-state index in [1.807, 2.05) is 39.8 Å². The van der Waals surface area contributed by atoms with E-state index in [4.69, 9.17) is 16.3 Å². The molecule has 18 heavy (non-hydrogen) atoms. The maximum Gasteiger partial charge on any atom is 0.407 e. The highest BCUT2D eigenvalue weighted by Crippen LogP contribution is 2.28. The molecule has 1 rings (SSSR count). The summed E-state index contributed by atoms with van der Waals surface area (Å²) in [4.78, 5) is 18.3. The molecule has 1 N–H and O–H groups in total. The molecule has 0 bridgehead atoms. The Hall–Kier alpha value is -1.01. The van der Waals surface area contributed by atoms with E-state index in [0.717, 1.165) is 10.0 Å². The first-order valence-corrected chi connectivity index (χ1v) is 6.68. The van der Waals surface area contributed by atoms with E-state index >= 15 is 0 Å². The number of nitrogens with one attached hydrogen (secondary N) is 1. The summed E-state index contributed by atoms with van der Waals surface area (Å²) in [5, 5.41) is 3.88. The van der Waals surface area contributed by atoms with Crippen LogP contribution in [0.3, 0.4) is 0 Å². The summed E-state index contributed by atoms with van der Waals surface area (Å²) < 4.78 is 5.13. The highest BCUT2D eigenvalue weighted by molar-refractivity contribution is 7.16. The Labute approximate surface area is 116 Å². The zero-order valence-electron chi connectivity index (χ0n) is 11.2. The van der Waals surface area contributed by atoms with Crippen LogP contribution in [-0.4, -0.2) is 30.8 Å². The standard InChI is InChI=1S/C11H18ClN3O2S/c1-11(2,3)17-10(16)13-6-7-8(12)14-9(18-7)15(4)5/h6H2,1-5H3,(H,13,16). The topological polar surface area (TPSA) is 54.5 Å². The van der Waals surface area contributed by atoms with Crippen molar-refractivity contribution >= 4 is 34.2 Å². The van der Waals surface area contributed by atoms with Gasteiger partial charge in [-0.25, -0.2) is 9.78 Å². The number of alkyl carbamates (subject to hydrolysis) is 1. The van der Waals surface area contributed by atoms with E-state index < -0.39 is 11.7 Å². The number of halogens is 1. The van der Waals surface area contributed by atoms with E-state index in [9.17, 15) is 4.79 Å². The summed E-state index contributed by atoms with van der Waals surface area (Å²) in [5.41, 5.74) is -0.504. The van der Waals surface area contributed by atoms with Crippen LogP contribution in [0.15, 0.2) is 0 Å². The Bertz CT molecular complexity index is 426. The molecule has 0 aliphatic heterocycles. The monoisotopic (exact) mass is 291 g/mol. The molecule has 0 fully saturated rings. The highest BCUT2D eigenvalue weighted by atomic mass is 35.5. The van der Waals surface area contributed by atoms with Crippen molar-refractivity contribution < 1.29 is 9.53 Å². The number of carbonyl (C=O) groups is 1. The van der Waals surface area contributed by atoms with E-state index in [-0.39, 0.29) is 0 Å². The number of thiazole rings is 1. The SMILES string of the molecule is CN(C)c1nc(Cl)c(CNC(=O)OC(C)(C)C)s1. The van der Waals surface area contributed by atoms with Gasteiger partial charge in [0.2, 0.25) is 0 Å². The third-order valence-electron chi connectivity index (χ3n) is 1.81. The second-order valence-electron chi connectivity index (χ2n) is 4.96. The van der Waals surface area contributed by atoms with Crippen LogP contribution in [0.1, 0.15) is 25.6 Å². The van der Waals surface area contributed by atoms with Crippen LogP contribution < -0.4 is 10.2 Å².